The van der Waals surface area contributed by atoms with Gasteiger partial charge in [-0.3, -0.25) is 19.2 Å². The van der Waals surface area contributed by atoms with Crippen molar-refractivity contribution in [1.29, 1.82) is 0 Å². The topological polar surface area (TPSA) is 92.6 Å². The highest BCUT2D eigenvalue weighted by Gasteiger charge is 2.47. The first-order chi connectivity index (χ1) is 14.6. The number of nitrogens with one attached hydrogen (secondary N) is 1. The minimum absolute atomic E-state index is 0.00689. The van der Waals surface area contributed by atoms with Gasteiger partial charge in [-0.15, -0.1) is 5.10 Å². The minimum atomic E-state index is -0.507. The van der Waals surface area contributed by atoms with Crippen LogP contribution in [0.4, 0.5) is 0 Å². The monoisotopic (exact) mass is 418 g/mol. The number of aryl methyl sites for hydroxylation is 1. The highest BCUT2D eigenvalue weighted by atomic mass is 16.5. The first kappa shape index (κ1) is 21.2. The number of carbonyl (C=O) groups excluding carboxylic acids is 2. The van der Waals surface area contributed by atoms with E-state index >= 15 is 0 Å². The molecule has 3 heterocycles. The SMILES string of the molecule is CCCC(=O)N1CCN(C(C(=O)NCC2CC2)c2cn(CCC)nn2)[C@@H]2COC[C@@H]21. The number of amides is 2. The van der Waals surface area contributed by atoms with E-state index < -0.39 is 6.04 Å². The molecule has 3 atom stereocenters. The molecule has 1 saturated carbocycles. The van der Waals surface area contributed by atoms with E-state index in [-0.39, 0.29) is 23.9 Å². The number of nitrogens with zero attached hydrogens (tertiary/aromatic N) is 5. The Morgan fingerprint density at radius 3 is 2.73 bits per heavy atom. The van der Waals surface area contributed by atoms with Gasteiger partial charge in [-0.25, -0.2) is 0 Å². The predicted octanol–water partition coefficient (Wildman–Crippen LogP) is 0.967. The van der Waals surface area contributed by atoms with Crippen LogP contribution in [-0.2, 0) is 20.9 Å². The first-order valence-corrected chi connectivity index (χ1v) is 11.4. The molecule has 3 fully saturated rings. The maximum atomic E-state index is 13.3. The lowest BCUT2D eigenvalue weighted by molar-refractivity contribution is -0.140. The standard InChI is InChI=1S/C21H34N6O3/c1-3-5-19(28)26-9-10-27(18-14-30-13-17(18)26)20(21(29)22-11-15-6-7-15)16-12-25(8-4-2)24-23-16/h12,15,17-18,20H,3-11,13-14H2,1-2H3,(H,22,29)/t17-,18+,20?/m0/s1. The summed E-state index contributed by atoms with van der Waals surface area (Å²) in [7, 11) is 0. The molecule has 1 aromatic heterocycles. The number of hydrogen-bond acceptors (Lipinski definition) is 6. The van der Waals surface area contributed by atoms with Gasteiger partial charge in [0.15, 0.2) is 0 Å². The zero-order valence-electron chi connectivity index (χ0n) is 18.1. The third-order valence-electron chi connectivity index (χ3n) is 6.36. The van der Waals surface area contributed by atoms with E-state index in [1.165, 1.54) is 12.8 Å². The third-order valence-corrected chi connectivity index (χ3v) is 6.36. The summed E-state index contributed by atoms with van der Waals surface area (Å²) < 4.78 is 7.60. The molecular formula is C21H34N6O3. The fourth-order valence-electron chi connectivity index (χ4n) is 4.58. The number of piperazine rings is 1. The molecule has 1 N–H and O–H groups in total. The van der Waals surface area contributed by atoms with Gasteiger partial charge < -0.3 is 15.0 Å². The molecular weight excluding hydrogens is 384 g/mol. The summed E-state index contributed by atoms with van der Waals surface area (Å²) in [5.74, 6) is 0.766. The molecule has 0 spiro atoms. The lowest BCUT2D eigenvalue weighted by Gasteiger charge is -2.45. The predicted molar refractivity (Wildman–Crippen MR) is 111 cm³/mol. The summed E-state index contributed by atoms with van der Waals surface area (Å²) in [5.41, 5.74) is 0.677. The summed E-state index contributed by atoms with van der Waals surface area (Å²) in [6, 6.07) is -0.526. The summed E-state index contributed by atoms with van der Waals surface area (Å²) in [5, 5.41) is 11.7. The molecule has 2 saturated heterocycles. The molecule has 30 heavy (non-hydrogen) atoms. The van der Waals surface area contributed by atoms with E-state index in [4.69, 9.17) is 4.74 Å². The molecule has 2 aliphatic heterocycles. The number of aromatic nitrogens is 3. The molecule has 4 rings (SSSR count). The second kappa shape index (κ2) is 9.43. The van der Waals surface area contributed by atoms with E-state index in [0.29, 0.717) is 44.3 Å². The zero-order valence-corrected chi connectivity index (χ0v) is 18.1. The normalized spacial score (nSPS) is 25.2. The van der Waals surface area contributed by atoms with Crippen LogP contribution >= 0.6 is 0 Å². The second-order valence-electron chi connectivity index (χ2n) is 8.74. The second-order valence-corrected chi connectivity index (χ2v) is 8.74. The number of rotatable bonds is 9. The molecule has 9 nitrogen and oxygen atoms in total. The molecule has 1 aliphatic carbocycles. The van der Waals surface area contributed by atoms with Crippen molar-refractivity contribution in [2.24, 2.45) is 5.92 Å². The van der Waals surface area contributed by atoms with Crippen molar-refractivity contribution < 1.29 is 14.3 Å². The van der Waals surface area contributed by atoms with Crippen LogP contribution in [0, 0.1) is 5.92 Å². The van der Waals surface area contributed by atoms with Gasteiger partial charge in [0.05, 0.1) is 31.5 Å². The molecule has 3 aliphatic rings. The van der Waals surface area contributed by atoms with Crippen LogP contribution in [-0.4, -0.2) is 81.5 Å². The van der Waals surface area contributed by atoms with Gasteiger partial charge in [0, 0.05) is 32.6 Å². The van der Waals surface area contributed by atoms with Crippen LogP contribution in [0.1, 0.15) is 57.7 Å². The highest BCUT2D eigenvalue weighted by Crippen LogP contribution is 2.32. The van der Waals surface area contributed by atoms with Gasteiger partial charge in [0.25, 0.3) is 0 Å². The van der Waals surface area contributed by atoms with Crippen molar-refractivity contribution in [3.63, 3.8) is 0 Å². The molecule has 0 radical (unpaired) electrons. The summed E-state index contributed by atoms with van der Waals surface area (Å²) in [4.78, 5) is 30.1. The van der Waals surface area contributed by atoms with Crippen LogP contribution in [0.15, 0.2) is 6.20 Å². The van der Waals surface area contributed by atoms with E-state index in [1.807, 2.05) is 18.0 Å². The maximum absolute atomic E-state index is 13.3. The van der Waals surface area contributed by atoms with Crippen molar-refractivity contribution in [1.82, 2.24) is 30.1 Å². The van der Waals surface area contributed by atoms with Gasteiger partial charge in [-0.2, -0.15) is 0 Å². The quantitative estimate of drug-likeness (QED) is 0.642. The van der Waals surface area contributed by atoms with Crippen LogP contribution in [0.3, 0.4) is 0 Å². The fourth-order valence-corrected chi connectivity index (χ4v) is 4.58. The average molecular weight is 419 g/mol. The van der Waals surface area contributed by atoms with Gasteiger partial charge in [0.1, 0.15) is 11.7 Å². The summed E-state index contributed by atoms with van der Waals surface area (Å²) >= 11 is 0. The van der Waals surface area contributed by atoms with Gasteiger partial charge in [-0.05, 0) is 31.6 Å². The molecule has 166 valence electrons. The number of fused-ring (bicyclic) bond motifs is 1. The van der Waals surface area contributed by atoms with Crippen molar-refractivity contribution in [2.45, 2.75) is 70.6 Å². The summed E-state index contributed by atoms with van der Waals surface area (Å²) in [6.45, 7) is 7.90. The minimum Gasteiger partial charge on any atom is -0.378 e. The first-order valence-electron chi connectivity index (χ1n) is 11.4. The summed E-state index contributed by atoms with van der Waals surface area (Å²) in [6.07, 6.45) is 6.62. The van der Waals surface area contributed by atoms with Crippen LogP contribution < -0.4 is 5.32 Å². The van der Waals surface area contributed by atoms with Crippen molar-refractivity contribution >= 4 is 11.8 Å². The maximum Gasteiger partial charge on any atom is 0.243 e. The van der Waals surface area contributed by atoms with Crippen molar-refractivity contribution in [3.8, 4) is 0 Å². The Morgan fingerprint density at radius 2 is 2.00 bits per heavy atom. The van der Waals surface area contributed by atoms with E-state index in [0.717, 1.165) is 25.9 Å². The molecule has 0 bridgehead atoms. The third kappa shape index (κ3) is 4.51. The number of hydrogen-bond donors (Lipinski definition) is 1. The fraction of sp³-hybridized carbons (Fsp3) is 0.810. The smallest absolute Gasteiger partial charge is 0.243 e. The van der Waals surface area contributed by atoms with E-state index in [1.54, 1.807) is 4.68 Å². The Balaban J connectivity index is 1.56. The molecule has 0 aromatic carbocycles. The number of ether oxygens (including phenoxy) is 1. The Kier molecular flexibility index (Phi) is 6.67. The number of carbonyl (C=O) groups is 2. The Labute approximate surface area is 178 Å². The molecule has 9 heteroatoms. The van der Waals surface area contributed by atoms with Crippen molar-refractivity contribution in [2.75, 3.05) is 32.8 Å². The molecule has 2 amide bonds. The van der Waals surface area contributed by atoms with Gasteiger partial charge in [0.2, 0.25) is 11.8 Å². The van der Waals surface area contributed by atoms with Crippen molar-refractivity contribution in [3.05, 3.63) is 11.9 Å². The Hall–Kier alpha value is -2.00. The van der Waals surface area contributed by atoms with Crippen LogP contribution in [0.25, 0.3) is 0 Å². The van der Waals surface area contributed by atoms with Gasteiger partial charge in [-0.1, -0.05) is 19.1 Å². The molecule has 1 aromatic rings. The highest BCUT2D eigenvalue weighted by molar-refractivity contribution is 5.83. The van der Waals surface area contributed by atoms with E-state index in [9.17, 15) is 9.59 Å². The van der Waals surface area contributed by atoms with E-state index in [2.05, 4.69) is 27.5 Å². The van der Waals surface area contributed by atoms with Crippen LogP contribution in [0.2, 0.25) is 0 Å². The lowest BCUT2D eigenvalue weighted by atomic mass is 9.99. The zero-order chi connectivity index (χ0) is 21.1. The largest absolute Gasteiger partial charge is 0.378 e. The van der Waals surface area contributed by atoms with Gasteiger partial charge >= 0.3 is 0 Å². The Morgan fingerprint density at radius 1 is 1.20 bits per heavy atom. The average Bonchev–Trinajstić information content (AvgIpc) is 3.23. The van der Waals surface area contributed by atoms with Crippen LogP contribution in [0.5, 0.6) is 0 Å². The Bertz CT molecular complexity index is 749. The molecule has 1 unspecified atom stereocenters. The lowest BCUT2D eigenvalue weighted by Crippen LogP contribution is -2.62.